The number of hydrogen-bond donors (Lipinski definition) is 0. The van der Waals surface area contributed by atoms with Gasteiger partial charge in [-0.3, -0.25) is 0 Å². The lowest BCUT2D eigenvalue weighted by Crippen LogP contribution is -2.08. The van der Waals surface area contributed by atoms with Gasteiger partial charge in [0.15, 0.2) is 0 Å². The average molecular weight is 303 g/mol. The predicted molar refractivity (Wildman–Crippen MR) is 76.0 cm³/mol. The van der Waals surface area contributed by atoms with Crippen LogP contribution >= 0.6 is 11.8 Å². The topological polar surface area (TPSA) is 67.4 Å². The molecule has 0 saturated heterocycles. The molecule has 0 N–H and O–H groups in total. The molecule has 7 heteroatoms. The summed E-state index contributed by atoms with van der Waals surface area (Å²) in [5.41, 5.74) is 1.16. The fourth-order valence-corrected chi connectivity index (χ4v) is 3.53. The number of hydrogen-bond acceptors (Lipinski definition) is 5. The summed E-state index contributed by atoms with van der Waals surface area (Å²) in [4.78, 5) is 0. The zero-order valence-corrected chi connectivity index (χ0v) is 12.2. The first-order valence-electron chi connectivity index (χ1n) is 6.87. The fourth-order valence-electron chi connectivity index (χ4n) is 2.59. The van der Waals surface area contributed by atoms with Gasteiger partial charge in [-0.25, -0.2) is 9.07 Å². The van der Waals surface area contributed by atoms with Crippen molar-refractivity contribution in [2.24, 2.45) is 0 Å². The second kappa shape index (κ2) is 6.22. The summed E-state index contributed by atoms with van der Waals surface area (Å²) < 4.78 is 15.2. The minimum Gasteiger partial charge on any atom is -0.217 e. The smallest absolute Gasteiger partial charge is 0.209 e. The molecule has 1 heterocycles. The van der Waals surface area contributed by atoms with Crippen LogP contribution in [0.15, 0.2) is 23.4 Å². The lowest BCUT2D eigenvalue weighted by Gasteiger charge is -2.11. The maximum absolute atomic E-state index is 13.3. The largest absolute Gasteiger partial charge is 0.217 e. The van der Waals surface area contributed by atoms with Gasteiger partial charge in [-0.05, 0) is 47.0 Å². The van der Waals surface area contributed by atoms with Crippen molar-refractivity contribution < 1.29 is 4.39 Å². The van der Waals surface area contributed by atoms with Crippen LogP contribution in [0.4, 0.5) is 4.39 Å². The van der Waals surface area contributed by atoms with Gasteiger partial charge < -0.3 is 0 Å². The highest BCUT2D eigenvalue weighted by Gasteiger charge is 2.21. The lowest BCUT2D eigenvalue weighted by molar-refractivity contribution is 0.423. The number of benzene rings is 1. The van der Waals surface area contributed by atoms with Crippen LogP contribution in [0, 0.1) is 17.1 Å². The van der Waals surface area contributed by atoms with Crippen LogP contribution in [0.3, 0.4) is 0 Å². The monoisotopic (exact) mass is 303 g/mol. The van der Waals surface area contributed by atoms with Gasteiger partial charge >= 0.3 is 0 Å². The Labute approximate surface area is 126 Å². The standard InChI is InChI=1S/C14H14FN5S/c15-12-6-5-10(8-16)11(7-12)9-21-14-17-18-19-20(14)13-3-1-2-4-13/h5-7,13H,1-4,9H2. The Bertz CT molecular complexity index is 672. The van der Waals surface area contributed by atoms with E-state index in [9.17, 15) is 4.39 Å². The summed E-state index contributed by atoms with van der Waals surface area (Å²) in [7, 11) is 0. The highest BCUT2D eigenvalue weighted by atomic mass is 32.2. The van der Waals surface area contributed by atoms with Crippen LogP contribution in [-0.2, 0) is 5.75 Å². The van der Waals surface area contributed by atoms with Crippen molar-refractivity contribution in [1.82, 2.24) is 20.2 Å². The summed E-state index contributed by atoms with van der Waals surface area (Å²) in [6, 6.07) is 6.65. The Balaban J connectivity index is 1.75. The van der Waals surface area contributed by atoms with Crippen molar-refractivity contribution >= 4 is 11.8 Å². The molecule has 0 bridgehead atoms. The maximum Gasteiger partial charge on any atom is 0.209 e. The van der Waals surface area contributed by atoms with Gasteiger partial charge in [-0.15, -0.1) is 5.10 Å². The molecule has 0 atom stereocenters. The molecular weight excluding hydrogens is 289 g/mol. The molecule has 108 valence electrons. The van der Waals surface area contributed by atoms with Gasteiger partial charge in [-0.1, -0.05) is 24.6 Å². The van der Waals surface area contributed by atoms with E-state index in [2.05, 4.69) is 21.6 Å². The molecule has 1 fully saturated rings. The molecule has 0 aliphatic heterocycles. The molecule has 5 nitrogen and oxygen atoms in total. The van der Waals surface area contributed by atoms with Crippen molar-refractivity contribution in [2.45, 2.75) is 42.6 Å². The molecule has 1 aromatic carbocycles. The fraction of sp³-hybridized carbons (Fsp3) is 0.429. The highest BCUT2D eigenvalue weighted by Crippen LogP contribution is 2.32. The number of rotatable bonds is 4. The Hall–Kier alpha value is -1.94. The molecular formula is C14H14FN5S. The van der Waals surface area contributed by atoms with Crippen molar-refractivity contribution in [3.05, 3.63) is 35.1 Å². The molecule has 21 heavy (non-hydrogen) atoms. The van der Waals surface area contributed by atoms with Crippen LogP contribution in [0.2, 0.25) is 0 Å². The van der Waals surface area contributed by atoms with Crippen molar-refractivity contribution in [3.63, 3.8) is 0 Å². The quantitative estimate of drug-likeness (QED) is 0.812. The lowest BCUT2D eigenvalue weighted by atomic mass is 10.1. The maximum atomic E-state index is 13.3. The van der Waals surface area contributed by atoms with E-state index in [1.54, 1.807) is 0 Å². The number of tetrazole rings is 1. The molecule has 0 spiro atoms. The number of nitrogens with zero attached hydrogens (tertiary/aromatic N) is 5. The summed E-state index contributed by atoms with van der Waals surface area (Å²) in [5.74, 6) is 0.147. The van der Waals surface area contributed by atoms with E-state index < -0.39 is 0 Å². The van der Waals surface area contributed by atoms with Crippen molar-refractivity contribution in [2.75, 3.05) is 0 Å². The van der Waals surface area contributed by atoms with Crippen LogP contribution in [0.5, 0.6) is 0 Å². The molecule has 1 saturated carbocycles. The molecule has 1 aliphatic rings. The minimum absolute atomic E-state index is 0.333. The van der Waals surface area contributed by atoms with Gasteiger partial charge in [0, 0.05) is 5.75 Å². The molecule has 0 amide bonds. The van der Waals surface area contributed by atoms with Gasteiger partial charge in [0.1, 0.15) is 5.82 Å². The third kappa shape index (κ3) is 3.05. The van der Waals surface area contributed by atoms with Crippen LogP contribution in [0.25, 0.3) is 0 Å². The SMILES string of the molecule is N#Cc1ccc(F)cc1CSc1nnnn1C1CCCC1. The first-order valence-corrected chi connectivity index (χ1v) is 7.85. The van der Waals surface area contributed by atoms with E-state index in [0.717, 1.165) is 18.0 Å². The van der Waals surface area contributed by atoms with E-state index in [1.165, 1.54) is 42.8 Å². The second-order valence-electron chi connectivity index (χ2n) is 5.05. The zero-order valence-electron chi connectivity index (χ0n) is 11.4. The van der Waals surface area contributed by atoms with Gasteiger partial charge in [-0.2, -0.15) is 5.26 Å². The number of halogens is 1. The molecule has 1 aliphatic carbocycles. The Morgan fingerprint density at radius 3 is 2.95 bits per heavy atom. The Morgan fingerprint density at radius 1 is 1.38 bits per heavy atom. The first kappa shape index (κ1) is 14.0. The normalized spacial score (nSPS) is 15.2. The first-order chi connectivity index (χ1) is 10.3. The van der Waals surface area contributed by atoms with E-state index >= 15 is 0 Å². The molecule has 2 aromatic rings. The van der Waals surface area contributed by atoms with Gasteiger partial charge in [0.05, 0.1) is 17.7 Å². The number of thioether (sulfide) groups is 1. The van der Waals surface area contributed by atoms with E-state index in [4.69, 9.17) is 5.26 Å². The summed E-state index contributed by atoms with van der Waals surface area (Å²) in [6.07, 6.45) is 4.61. The zero-order chi connectivity index (χ0) is 14.7. The summed E-state index contributed by atoms with van der Waals surface area (Å²) >= 11 is 1.44. The third-order valence-electron chi connectivity index (χ3n) is 3.68. The molecule has 3 rings (SSSR count). The highest BCUT2D eigenvalue weighted by molar-refractivity contribution is 7.98. The van der Waals surface area contributed by atoms with E-state index in [1.807, 2.05) is 4.68 Å². The van der Waals surface area contributed by atoms with Crippen LogP contribution < -0.4 is 0 Å². The summed E-state index contributed by atoms with van der Waals surface area (Å²) in [5, 5.41) is 21.6. The number of nitriles is 1. The van der Waals surface area contributed by atoms with Crippen LogP contribution in [0.1, 0.15) is 42.9 Å². The van der Waals surface area contributed by atoms with Gasteiger partial charge in [0.25, 0.3) is 0 Å². The predicted octanol–water partition coefficient (Wildman–Crippen LogP) is 3.09. The van der Waals surface area contributed by atoms with Gasteiger partial charge in [0.2, 0.25) is 5.16 Å². The van der Waals surface area contributed by atoms with Crippen molar-refractivity contribution in [3.8, 4) is 6.07 Å². The van der Waals surface area contributed by atoms with Crippen molar-refractivity contribution in [1.29, 1.82) is 5.26 Å². The second-order valence-corrected chi connectivity index (χ2v) is 5.99. The Kier molecular flexibility index (Phi) is 4.15. The molecule has 1 aromatic heterocycles. The third-order valence-corrected chi connectivity index (χ3v) is 4.66. The molecule has 0 radical (unpaired) electrons. The minimum atomic E-state index is -0.333. The Morgan fingerprint density at radius 2 is 2.19 bits per heavy atom. The number of aromatic nitrogens is 4. The van der Waals surface area contributed by atoms with E-state index in [0.29, 0.717) is 22.9 Å². The van der Waals surface area contributed by atoms with Crippen LogP contribution in [-0.4, -0.2) is 20.2 Å². The molecule has 0 unspecified atom stereocenters. The average Bonchev–Trinajstić information content (AvgIpc) is 3.16. The summed E-state index contributed by atoms with van der Waals surface area (Å²) in [6.45, 7) is 0. The van der Waals surface area contributed by atoms with E-state index in [-0.39, 0.29) is 5.82 Å².